The van der Waals surface area contributed by atoms with Crippen LogP contribution in [-0.2, 0) is 6.54 Å². The molecule has 1 N–H and O–H groups in total. The molecule has 1 fully saturated rings. The van der Waals surface area contributed by atoms with E-state index in [0.717, 1.165) is 53.1 Å². The van der Waals surface area contributed by atoms with Gasteiger partial charge in [0.25, 0.3) is 0 Å². The van der Waals surface area contributed by atoms with E-state index in [1.165, 1.54) is 0 Å². The molecule has 1 aliphatic rings. The first kappa shape index (κ1) is 21.1. The third kappa shape index (κ3) is 5.34. The van der Waals surface area contributed by atoms with Crippen molar-refractivity contribution in [3.05, 3.63) is 58.9 Å². The van der Waals surface area contributed by atoms with Gasteiger partial charge in [0.15, 0.2) is 0 Å². The van der Waals surface area contributed by atoms with Crippen LogP contribution >= 0.6 is 11.3 Å². The van der Waals surface area contributed by atoms with Gasteiger partial charge in [0, 0.05) is 48.9 Å². The maximum Gasteiger partial charge on any atom is 0.321 e. The number of aromatic nitrogens is 1. The standard InChI is InChI=1S/C23H26N4O3S/c1-29-19-8-6-17(7-9-19)21-16-31-22(25-21)15-26-10-12-27(13-11-26)23(28)24-18-4-3-5-20(14-18)30-2/h3-9,14,16H,10-13,15H2,1-2H3,(H,24,28). The van der Waals surface area contributed by atoms with Crippen LogP contribution in [0.2, 0.25) is 0 Å². The summed E-state index contributed by atoms with van der Waals surface area (Å²) in [6, 6.07) is 15.3. The van der Waals surface area contributed by atoms with E-state index >= 15 is 0 Å². The third-order valence-corrected chi connectivity index (χ3v) is 6.11. The lowest BCUT2D eigenvalue weighted by Gasteiger charge is -2.34. The van der Waals surface area contributed by atoms with Crippen molar-refractivity contribution in [2.24, 2.45) is 0 Å². The van der Waals surface area contributed by atoms with Gasteiger partial charge in [-0.2, -0.15) is 0 Å². The van der Waals surface area contributed by atoms with E-state index in [0.29, 0.717) is 13.1 Å². The Kier molecular flexibility index (Phi) is 6.69. The van der Waals surface area contributed by atoms with Gasteiger partial charge < -0.3 is 19.7 Å². The number of thiazole rings is 1. The average molecular weight is 439 g/mol. The Balaban J connectivity index is 1.28. The zero-order chi connectivity index (χ0) is 21.6. The Morgan fingerprint density at radius 3 is 2.48 bits per heavy atom. The summed E-state index contributed by atoms with van der Waals surface area (Å²) >= 11 is 1.67. The summed E-state index contributed by atoms with van der Waals surface area (Å²) in [6.07, 6.45) is 0. The monoisotopic (exact) mass is 438 g/mol. The lowest BCUT2D eigenvalue weighted by molar-refractivity contribution is 0.143. The van der Waals surface area contributed by atoms with Crippen molar-refractivity contribution >= 4 is 23.1 Å². The molecule has 1 aromatic heterocycles. The molecular weight excluding hydrogens is 412 g/mol. The van der Waals surface area contributed by atoms with Crippen molar-refractivity contribution in [2.75, 3.05) is 45.7 Å². The highest BCUT2D eigenvalue weighted by molar-refractivity contribution is 7.09. The van der Waals surface area contributed by atoms with E-state index in [-0.39, 0.29) is 6.03 Å². The van der Waals surface area contributed by atoms with Gasteiger partial charge in [-0.05, 0) is 36.4 Å². The van der Waals surface area contributed by atoms with Crippen molar-refractivity contribution in [1.82, 2.24) is 14.8 Å². The number of carbonyl (C=O) groups excluding carboxylic acids is 1. The van der Waals surface area contributed by atoms with Crippen LogP contribution in [-0.4, -0.2) is 61.2 Å². The molecule has 0 aliphatic carbocycles. The molecule has 0 radical (unpaired) electrons. The molecule has 0 saturated carbocycles. The van der Waals surface area contributed by atoms with Crippen molar-refractivity contribution in [2.45, 2.75) is 6.54 Å². The normalized spacial score (nSPS) is 14.3. The third-order valence-electron chi connectivity index (χ3n) is 5.28. The minimum atomic E-state index is -0.0797. The minimum Gasteiger partial charge on any atom is -0.497 e. The predicted octanol–water partition coefficient (Wildman–Crippen LogP) is 4.18. The molecule has 2 aromatic carbocycles. The molecule has 1 aliphatic heterocycles. The Labute approximate surface area is 186 Å². The average Bonchev–Trinajstić information content (AvgIpc) is 3.28. The first-order valence-electron chi connectivity index (χ1n) is 10.2. The lowest BCUT2D eigenvalue weighted by atomic mass is 10.2. The van der Waals surface area contributed by atoms with Crippen LogP contribution < -0.4 is 14.8 Å². The number of piperazine rings is 1. The van der Waals surface area contributed by atoms with Crippen LogP contribution in [0.1, 0.15) is 5.01 Å². The number of benzene rings is 2. The molecule has 7 nitrogen and oxygen atoms in total. The second-order valence-electron chi connectivity index (χ2n) is 7.28. The number of nitrogens with one attached hydrogen (secondary N) is 1. The number of rotatable bonds is 6. The molecular formula is C23H26N4O3S. The second-order valence-corrected chi connectivity index (χ2v) is 8.22. The van der Waals surface area contributed by atoms with Crippen molar-refractivity contribution in [3.8, 4) is 22.8 Å². The topological polar surface area (TPSA) is 66.9 Å². The molecule has 4 rings (SSSR count). The molecule has 1 saturated heterocycles. The quantitative estimate of drug-likeness (QED) is 0.626. The second kappa shape index (κ2) is 9.80. The number of hydrogen-bond acceptors (Lipinski definition) is 6. The summed E-state index contributed by atoms with van der Waals surface area (Å²) in [5.41, 5.74) is 2.81. The Bertz CT molecular complexity index is 1010. The summed E-state index contributed by atoms with van der Waals surface area (Å²) in [7, 11) is 3.28. The number of hydrogen-bond donors (Lipinski definition) is 1. The van der Waals surface area contributed by atoms with Gasteiger partial charge in [-0.25, -0.2) is 9.78 Å². The van der Waals surface area contributed by atoms with Crippen LogP contribution in [0.3, 0.4) is 0 Å². The van der Waals surface area contributed by atoms with Gasteiger partial charge in [0.05, 0.1) is 26.5 Å². The first-order chi connectivity index (χ1) is 15.1. The van der Waals surface area contributed by atoms with Gasteiger partial charge in [-0.3, -0.25) is 4.90 Å². The number of ether oxygens (including phenoxy) is 2. The van der Waals surface area contributed by atoms with Gasteiger partial charge >= 0.3 is 6.03 Å². The Hall–Kier alpha value is -3.10. The molecule has 0 bridgehead atoms. The van der Waals surface area contributed by atoms with Crippen LogP contribution in [0.25, 0.3) is 11.3 Å². The van der Waals surface area contributed by atoms with E-state index < -0.39 is 0 Å². The van der Waals surface area contributed by atoms with Crippen LogP contribution in [0.5, 0.6) is 11.5 Å². The van der Waals surface area contributed by atoms with Gasteiger partial charge in [-0.1, -0.05) is 6.07 Å². The molecule has 3 aromatic rings. The minimum absolute atomic E-state index is 0.0797. The van der Waals surface area contributed by atoms with Gasteiger partial charge in [-0.15, -0.1) is 11.3 Å². The van der Waals surface area contributed by atoms with Crippen LogP contribution in [0, 0.1) is 0 Å². The number of nitrogens with zero attached hydrogens (tertiary/aromatic N) is 3. The number of anilines is 1. The van der Waals surface area contributed by atoms with Crippen LogP contribution in [0.4, 0.5) is 10.5 Å². The SMILES string of the molecule is COc1ccc(-c2csc(CN3CCN(C(=O)Nc4cccc(OC)c4)CC3)n2)cc1. The molecule has 0 atom stereocenters. The number of methoxy groups -OCH3 is 2. The van der Waals surface area contributed by atoms with Crippen molar-refractivity contribution in [1.29, 1.82) is 0 Å². The molecule has 2 amide bonds. The van der Waals surface area contributed by atoms with Crippen molar-refractivity contribution in [3.63, 3.8) is 0 Å². The Morgan fingerprint density at radius 2 is 1.77 bits per heavy atom. The fourth-order valence-corrected chi connectivity index (χ4v) is 4.33. The molecule has 31 heavy (non-hydrogen) atoms. The van der Waals surface area contributed by atoms with E-state index in [1.54, 1.807) is 25.6 Å². The van der Waals surface area contributed by atoms with Crippen molar-refractivity contribution < 1.29 is 14.3 Å². The Morgan fingerprint density at radius 1 is 1.03 bits per heavy atom. The fraction of sp³-hybridized carbons (Fsp3) is 0.304. The lowest BCUT2D eigenvalue weighted by Crippen LogP contribution is -2.49. The highest BCUT2D eigenvalue weighted by atomic mass is 32.1. The zero-order valence-corrected chi connectivity index (χ0v) is 18.5. The predicted molar refractivity (Wildman–Crippen MR) is 123 cm³/mol. The summed E-state index contributed by atoms with van der Waals surface area (Å²) in [5.74, 6) is 1.56. The smallest absolute Gasteiger partial charge is 0.321 e. The van der Waals surface area contributed by atoms with E-state index in [4.69, 9.17) is 14.5 Å². The summed E-state index contributed by atoms with van der Waals surface area (Å²) in [6.45, 7) is 3.82. The highest BCUT2D eigenvalue weighted by Crippen LogP contribution is 2.25. The number of urea groups is 1. The first-order valence-corrected chi connectivity index (χ1v) is 11.0. The number of amides is 2. The molecule has 162 valence electrons. The van der Waals surface area contributed by atoms with Gasteiger partial charge in [0.2, 0.25) is 0 Å². The van der Waals surface area contributed by atoms with Gasteiger partial charge in [0.1, 0.15) is 16.5 Å². The molecule has 2 heterocycles. The van der Waals surface area contributed by atoms with E-state index in [9.17, 15) is 4.79 Å². The number of carbonyl (C=O) groups is 1. The molecule has 8 heteroatoms. The summed E-state index contributed by atoms with van der Waals surface area (Å²) < 4.78 is 10.4. The maximum absolute atomic E-state index is 12.6. The zero-order valence-electron chi connectivity index (χ0n) is 17.7. The van der Waals surface area contributed by atoms with E-state index in [1.807, 2.05) is 53.4 Å². The highest BCUT2D eigenvalue weighted by Gasteiger charge is 2.22. The fourth-order valence-electron chi connectivity index (χ4n) is 3.48. The maximum atomic E-state index is 12.6. The molecule has 0 spiro atoms. The summed E-state index contributed by atoms with van der Waals surface area (Å²) in [4.78, 5) is 21.5. The van der Waals surface area contributed by atoms with Crippen LogP contribution in [0.15, 0.2) is 53.9 Å². The molecule has 0 unspecified atom stereocenters. The van der Waals surface area contributed by atoms with E-state index in [2.05, 4.69) is 15.6 Å². The largest absolute Gasteiger partial charge is 0.497 e. The summed E-state index contributed by atoms with van der Waals surface area (Å²) in [5, 5.41) is 6.13.